The van der Waals surface area contributed by atoms with Gasteiger partial charge in [-0.3, -0.25) is 0 Å². The molecule has 0 aliphatic carbocycles. The Morgan fingerprint density at radius 2 is 2.17 bits per heavy atom. The van der Waals surface area contributed by atoms with Crippen LogP contribution in [-0.2, 0) is 12.8 Å². The smallest absolute Gasteiger partial charge is 0.129 e. The lowest BCUT2D eigenvalue weighted by atomic mass is 10.0. The van der Waals surface area contributed by atoms with Gasteiger partial charge >= 0.3 is 0 Å². The van der Waals surface area contributed by atoms with Crippen LogP contribution >= 0.6 is 27.3 Å². The van der Waals surface area contributed by atoms with Crippen molar-refractivity contribution in [1.29, 1.82) is 0 Å². The SMILES string of the molecule is OC(Cc1ccc(Br)s1)C1Cc2ccccc2O1. The third kappa shape index (κ3) is 2.46. The number of rotatable bonds is 3. The van der Waals surface area contributed by atoms with Crippen molar-refractivity contribution in [2.45, 2.75) is 25.0 Å². The second-order valence-electron chi connectivity index (χ2n) is 4.45. The molecular weight excluding hydrogens is 312 g/mol. The molecule has 1 aromatic heterocycles. The Morgan fingerprint density at radius 1 is 1.33 bits per heavy atom. The van der Waals surface area contributed by atoms with Gasteiger partial charge in [0, 0.05) is 17.7 Å². The molecular formula is C14H13BrO2S. The van der Waals surface area contributed by atoms with Crippen molar-refractivity contribution in [3.05, 3.63) is 50.6 Å². The molecule has 0 saturated heterocycles. The van der Waals surface area contributed by atoms with E-state index in [1.165, 1.54) is 10.4 Å². The molecule has 0 fully saturated rings. The van der Waals surface area contributed by atoms with E-state index in [0.717, 1.165) is 16.0 Å². The molecule has 1 N–H and O–H groups in total. The number of benzene rings is 1. The van der Waals surface area contributed by atoms with Crippen LogP contribution in [0.4, 0.5) is 0 Å². The summed E-state index contributed by atoms with van der Waals surface area (Å²) in [5, 5.41) is 10.3. The summed E-state index contributed by atoms with van der Waals surface area (Å²) in [6.07, 6.45) is 0.866. The molecule has 0 amide bonds. The zero-order chi connectivity index (χ0) is 12.5. The minimum Gasteiger partial charge on any atom is -0.487 e. The van der Waals surface area contributed by atoms with Crippen LogP contribution in [0.5, 0.6) is 5.75 Å². The Balaban J connectivity index is 1.67. The van der Waals surface area contributed by atoms with E-state index in [2.05, 4.69) is 22.0 Å². The molecule has 2 heterocycles. The fourth-order valence-corrected chi connectivity index (χ4v) is 3.76. The molecule has 1 aliphatic heterocycles. The van der Waals surface area contributed by atoms with Crippen molar-refractivity contribution >= 4 is 27.3 Å². The molecule has 0 radical (unpaired) electrons. The zero-order valence-electron chi connectivity index (χ0n) is 9.67. The quantitative estimate of drug-likeness (QED) is 0.937. The van der Waals surface area contributed by atoms with Gasteiger partial charge in [-0.25, -0.2) is 0 Å². The first-order chi connectivity index (χ1) is 8.72. The molecule has 0 saturated carbocycles. The van der Waals surface area contributed by atoms with Crippen LogP contribution in [0.3, 0.4) is 0 Å². The number of aliphatic hydroxyl groups is 1. The van der Waals surface area contributed by atoms with Crippen LogP contribution in [0.25, 0.3) is 0 Å². The summed E-state index contributed by atoms with van der Waals surface area (Å²) in [4.78, 5) is 1.17. The summed E-state index contributed by atoms with van der Waals surface area (Å²) in [7, 11) is 0. The fraction of sp³-hybridized carbons (Fsp3) is 0.286. The van der Waals surface area contributed by atoms with Crippen LogP contribution in [0.2, 0.25) is 0 Å². The summed E-state index contributed by atoms with van der Waals surface area (Å²) in [5.74, 6) is 0.911. The van der Waals surface area contributed by atoms with E-state index < -0.39 is 6.10 Å². The van der Waals surface area contributed by atoms with Gasteiger partial charge in [0.05, 0.1) is 9.89 Å². The van der Waals surface area contributed by atoms with Gasteiger partial charge in [0.1, 0.15) is 11.9 Å². The first-order valence-corrected chi connectivity index (χ1v) is 7.50. The molecule has 3 rings (SSSR count). The lowest BCUT2D eigenvalue weighted by Crippen LogP contribution is -2.31. The Labute approximate surface area is 118 Å². The van der Waals surface area contributed by atoms with Crippen molar-refractivity contribution in [3.63, 3.8) is 0 Å². The highest BCUT2D eigenvalue weighted by Gasteiger charge is 2.29. The lowest BCUT2D eigenvalue weighted by Gasteiger charge is -2.17. The molecule has 4 heteroatoms. The van der Waals surface area contributed by atoms with Crippen molar-refractivity contribution in [2.24, 2.45) is 0 Å². The highest BCUT2D eigenvalue weighted by Crippen LogP contribution is 2.31. The van der Waals surface area contributed by atoms with E-state index in [4.69, 9.17) is 4.74 Å². The van der Waals surface area contributed by atoms with E-state index in [-0.39, 0.29) is 6.10 Å². The Hall–Kier alpha value is -0.840. The van der Waals surface area contributed by atoms with Gasteiger partial charge in [0.25, 0.3) is 0 Å². The maximum Gasteiger partial charge on any atom is 0.129 e. The van der Waals surface area contributed by atoms with Gasteiger partial charge in [-0.2, -0.15) is 0 Å². The number of ether oxygens (including phenoxy) is 1. The summed E-state index contributed by atoms with van der Waals surface area (Å²) in [6.45, 7) is 0. The number of fused-ring (bicyclic) bond motifs is 1. The number of aliphatic hydroxyl groups excluding tert-OH is 1. The molecule has 18 heavy (non-hydrogen) atoms. The molecule has 1 aliphatic rings. The molecule has 2 aromatic rings. The van der Waals surface area contributed by atoms with E-state index in [0.29, 0.717) is 6.42 Å². The summed E-state index contributed by atoms with van der Waals surface area (Å²) in [5.41, 5.74) is 1.19. The van der Waals surface area contributed by atoms with Crippen molar-refractivity contribution < 1.29 is 9.84 Å². The van der Waals surface area contributed by atoms with Crippen LogP contribution in [-0.4, -0.2) is 17.3 Å². The second-order valence-corrected chi connectivity index (χ2v) is 6.99. The normalized spacial score (nSPS) is 19.3. The maximum atomic E-state index is 10.3. The van der Waals surface area contributed by atoms with E-state index >= 15 is 0 Å². The first-order valence-electron chi connectivity index (χ1n) is 5.89. The topological polar surface area (TPSA) is 29.5 Å². The van der Waals surface area contributed by atoms with E-state index in [9.17, 15) is 5.11 Å². The number of thiophene rings is 1. The fourth-order valence-electron chi connectivity index (χ4n) is 2.22. The van der Waals surface area contributed by atoms with Gasteiger partial charge in [-0.1, -0.05) is 18.2 Å². The summed E-state index contributed by atoms with van der Waals surface area (Å²) in [6, 6.07) is 12.0. The minimum absolute atomic E-state index is 0.122. The summed E-state index contributed by atoms with van der Waals surface area (Å²) >= 11 is 5.09. The minimum atomic E-state index is -0.456. The molecule has 2 atom stereocenters. The Bertz CT molecular complexity index is 527. The van der Waals surface area contributed by atoms with Crippen LogP contribution < -0.4 is 4.74 Å². The van der Waals surface area contributed by atoms with Gasteiger partial charge < -0.3 is 9.84 Å². The Morgan fingerprint density at radius 3 is 2.89 bits per heavy atom. The average molecular weight is 325 g/mol. The highest BCUT2D eigenvalue weighted by molar-refractivity contribution is 9.11. The predicted molar refractivity (Wildman–Crippen MR) is 76.3 cm³/mol. The highest BCUT2D eigenvalue weighted by atomic mass is 79.9. The number of hydrogen-bond acceptors (Lipinski definition) is 3. The zero-order valence-corrected chi connectivity index (χ0v) is 12.1. The van der Waals surface area contributed by atoms with Crippen LogP contribution in [0, 0.1) is 0 Å². The van der Waals surface area contributed by atoms with Crippen molar-refractivity contribution in [2.75, 3.05) is 0 Å². The average Bonchev–Trinajstić information content (AvgIpc) is 2.95. The number of hydrogen-bond donors (Lipinski definition) is 1. The lowest BCUT2D eigenvalue weighted by molar-refractivity contribution is 0.0508. The van der Waals surface area contributed by atoms with Gasteiger partial charge in [-0.05, 0) is 39.7 Å². The van der Waals surface area contributed by atoms with Gasteiger partial charge in [-0.15, -0.1) is 11.3 Å². The molecule has 2 nitrogen and oxygen atoms in total. The number of para-hydroxylation sites is 1. The molecule has 1 aromatic carbocycles. The monoisotopic (exact) mass is 324 g/mol. The Kier molecular flexibility index (Phi) is 3.41. The van der Waals surface area contributed by atoms with E-state index in [1.807, 2.05) is 30.3 Å². The van der Waals surface area contributed by atoms with Crippen LogP contribution in [0.15, 0.2) is 40.2 Å². The third-order valence-electron chi connectivity index (χ3n) is 3.14. The largest absolute Gasteiger partial charge is 0.487 e. The predicted octanol–water partition coefficient (Wildman–Crippen LogP) is 3.42. The second kappa shape index (κ2) is 5.03. The standard InChI is InChI=1S/C14H13BrO2S/c15-14-6-5-10(18-14)8-11(16)13-7-9-3-1-2-4-12(9)17-13/h1-6,11,13,16H,7-8H2. The molecule has 2 unspecified atom stereocenters. The van der Waals surface area contributed by atoms with Crippen LogP contribution in [0.1, 0.15) is 10.4 Å². The number of halogens is 1. The third-order valence-corrected chi connectivity index (χ3v) is 4.79. The van der Waals surface area contributed by atoms with E-state index in [1.54, 1.807) is 11.3 Å². The van der Waals surface area contributed by atoms with Gasteiger partial charge in [0.2, 0.25) is 0 Å². The molecule has 0 spiro atoms. The molecule has 0 bridgehead atoms. The van der Waals surface area contributed by atoms with Gasteiger partial charge in [0.15, 0.2) is 0 Å². The molecule has 94 valence electrons. The summed E-state index contributed by atoms with van der Waals surface area (Å²) < 4.78 is 6.89. The maximum absolute atomic E-state index is 10.3. The first kappa shape index (κ1) is 12.2. The van der Waals surface area contributed by atoms with Crippen molar-refractivity contribution in [1.82, 2.24) is 0 Å². The van der Waals surface area contributed by atoms with Crippen molar-refractivity contribution in [3.8, 4) is 5.75 Å².